The summed E-state index contributed by atoms with van der Waals surface area (Å²) in [4.78, 5) is 16.4. The van der Waals surface area contributed by atoms with Crippen molar-refractivity contribution in [3.8, 4) is 0 Å². The van der Waals surface area contributed by atoms with Crippen LogP contribution in [0, 0.1) is 11.2 Å². The Morgan fingerprint density at radius 1 is 1.31 bits per heavy atom. The van der Waals surface area contributed by atoms with E-state index >= 15 is 0 Å². The van der Waals surface area contributed by atoms with Gasteiger partial charge in [0.25, 0.3) is 5.91 Å². The maximum atomic E-state index is 14.7. The maximum Gasteiger partial charge on any atom is 0.274 e. The summed E-state index contributed by atoms with van der Waals surface area (Å²) in [5.74, 6) is -0.676. The zero-order valence-electron chi connectivity index (χ0n) is 16.6. The lowest BCUT2D eigenvalue weighted by Gasteiger charge is -2.50. The van der Waals surface area contributed by atoms with Gasteiger partial charge in [-0.05, 0) is 57.4 Å². The highest BCUT2D eigenvalue weighted by Crippen LogP contribution is 2.38. The smallest absolute Gasteiger partial charge is 0.274 e. The van der Waals surface area contributed by atoms with Crippen LogP contribution in [0.15, 0.2) is 36.5 Å². The van der Waals surface area contributed by atoms with Gasteiger partial charge in [-0.1, -0.05) is 21.5 Å². The minimum atomic E-state index is -2.81. The predicted octanol–water partition coefficient (Wildman–Crippen LogP) is 3.35. The first-order chi connectivity index (χ1) is 13.4. The van der Waals surface area contributed by atoms with Crippen LogP contribution >= 0.6 is 11.6 Å². The average Bonchev–Trinajstić information content (AvgIpc) is 2.62. The first-order valence-corrected chi connectivity index (χ1v) is 11.7. The summed E-state index contributed by atoms with van der Waals surface area (Å²) in [6, 6.07) is 7.24. The van der Waals surface area contributed by atoms with Crippen molar-refractivity contribution in [2.24, 2.45) is 0 Å². The number of amides is 1. The highest BCUT2D eigenvalue weighted by molar-refractivity contribution is 8.04. The molecule has 0 bridgehead atoms. The zero-order valence-corrected chi connectivity index (χ0v) is 18.3. The molecule has 2 heterocycles. The molecular weight excluding hydrogens is 415 g/mol. The highest BCUT2D eigenvalue weighted by atomic mass is 35.5. The second-order valence-corrected chi connectivity index (χ2v) is 12.2. The van der Waals surface area contributed by atoms with Gasteiger partial charge in [-0.15, -0.1) is 0 Å². The Balaban J connectivity index is 1.93. The lowest BCUT2D eigenvalue weighted by molar-refractivity contribution is 0.102. The van der Waals surface area contributed by atoms with Crippen molar-refractivity contribution >= 4 is 39.0 Å². The summed E-state index contributed by atoms with van der Waals surface area (Å²) >= 11 is 5.79. The van der Waals surface area contributed by atoms with Gasteiger partial charge in [-0.25, -0.2) is 9.37 Å². The van der Waals surface area contributed by atoms with E-state index in [2.05, 4.69) is 15.6 Å². The van der Waals surface area contributed by atoms with Crippen molar-refractivity contribution < 1.29 is 13.4 Å². The Kier molecular flexibility index (Phi) is 5.29. The number of aromatic nitrogens is 1. The fraction of sp³-hybridized carbons (Fsp3) is 0.350. The molecular formula is C20H24ClFN4O2S. The molecule has 0 unspecified atom stereocenters. The molecule has 0 aliphatic carbocycles. The van der Waals surface area contributed by atoms with E-state index in [1.54, 1.807) is 33.1 Å². The number of carbonyl (C=O) groups is 1. The normalized spacial score (nSPS) is 23.7. The Morgan fingerprint density at radius 3 is 2.59 bits per heavy atom. The van der Waals surface area contributed by atoms with E-state index in [4.69, 9.17) is 17.0 Å². The maximum absolute atomic E-state index is 14.7. The number of anilines is 1. The Morgan fingerprint density at radius 2 is 2.00 bits per heavy atom. The van der Waals surface area contributed by atoms with Crippen LogP contribution in [0.25, 0.3) is 0 Å². The van der Waals surface area contributed by atoms with Crippen LogP contribution in [0.1, 0.15) is 36.8 Å². The molecule has 1 amide bonds. The molecule has 3 N–H and O–H groups in total. The van der Waals surface area contributed by atoms with Crippen molar-refractivity contribution in [2.45, 2.75) is 31.1 Å². The molecule has 1 aromatic heterocycles. The summed E-state index contributed by atoms with van der Waals surface area (Å²) in [7, 11) is -2.81. The van der Waals surface area contributed by atoms with E-state index in [1.807, 2.05) is 0 Å². The first-order valence-electron chi connectivity index (χ1n) is 9.02. The van der Waals surface area contributed by atoms with Crippen LogP contribution in [0.5, 0.6) is 0 Å². The second kappa shape index (κ2) is 7.18. The number of rotatable bonds is 3. The van der Waals surface area contributed by atoms with Gasteiger partial charge in [0.2, 0.25) is 0 Å². The number of amidine groups is 1. The Labute approximate surface area is 175 Å². The predicted molar refractivity (Wildman–Crippen MR) is 116 cm³/mol. The summed E-state index contributed by atoms with van der Waals surface area (Å²) in [6.45, 7) is 5.24. The van der Waals surface area contributed by atoms with Crippen LogP contribution < -0.4 is 10.6 Å². The number of pyridine rings is 1. The average molecular weight is 439 g/mol. The number of nitrogens with zero attached hydrogens (tertiary/aromatic N) is 1. The standard InChI is InChI=1S/C20H24ClFN4O2S/c1-19(2)18(23)26-20(3,11-29(19,4)28)14-9-13(6-7-15(14)22)25-17(27)16-8-5-12(21)10-24-16/h5-10,29H,11H2,1-4H3,(H2,23,26)(H,25,27)/t20-/m0/s1. The number of thiol groups is 1. The third-order valence-electron chi connectivity index (χ3n) is 5.59. The van der Waals surface area contributed by atoms with Gasteiger partial charge in [0.1, 0.15) is 17.3 Å². The third-order valence-corrected chi connectivity index (χ3v) is 9.64. The topological polar surface area (TPSA) is 94.9 Å². The van der Waals surface area contributed by atoms with Gasteiger partial charge in [0.05, 0.1) is 15.3 Å². The van der Waals surface area contributed by atoms with Gasteiger partial charge >= 0.3 is 0 Å². The van der Waals surface area contributed by atoms with Crippen molar-refractivity contribution in [2.75, 3.05) is 17.3 Å². The van der Waals surface area contributed by atoms with Gasteiger partial charge in [0, 0.05) is 23.2 Å². The largest absolute Gasteiger partial charge is 0.363 e. The number of hydrogen-bond donors (Lipinski definition) is 4. The van der Waals surface area contributed by atoms with Crippen LogP contribution in [0.3, 0.4) is 0 Å². The molecule has 6 nitrogen and oxygen atoms in total. The molecule has 1 aromatic carbocycles. The van der Waals surface area contributed by atoms with E-state index in [-0.39, 0.29) is 22.8 Å². The van der Waals surface area contributed by atoms with Crippen LogP contribution in [-0.2, 0) is 15.5 Å². The van der Waals surface area contributed by atoms with Crippen LogP contribution in [-0.4, -0.2) is 37.7 Å². The molecule has 9 heteroatoms. The summed E-state index contributed by atoms with van der Waals surface area (Å²) < 4.78 is 27.2. The SMILES string of the molecule is CC1(C)C(=N)N[C@](C)(c2cc(NC(=O)c3ccc(Cl)cn3)ccc2F)C[SH]1(C)=O. The van der Waals surface area contributed by atoms with E-state index in [1.165, 1.54) is 30.5 Å². The molecule has 156 valence electrons. The minimum absolute atomic E-state index is 0.108. The van der Waals surface area contributed by atoms with Gasteiger partial charge in [0.15, 0.2) is 0 Å². The number of carbonyl (C=O) groups excluding carboxylic acids is 1. The Bertz CT molecular complexity index is 1040. The van der Waals surface area contributed by atoms with Crippen molar-refractivity contribution in [1.82, 2.24) is 10.3 Å². The molecule has 1 atom stereocenters. The van der Waals surface area contributed by atoms with Crippen molar-refractivity contribution in [3.63, 3.8) is 0 Å². The van der Waals surface area contributed by atoms with Gasteiger partial charge < -0.3 is 10.6 Å². The molecule has 1 aliphatic heterocycles. The van der Waals surface area contributed by atoms with Crippen LogP contribution in [0.2, 0.25) is 5.02 Å². The molecule has 0 spiro atoms. The number of benzene rings is 1. The molecule has 0 radical (unpaired) electrons. The fourth-order valence-corrected chi connectivity index (χ4v) is 5.88. The fourth-order valence-electron chi connectivity index (χ4n) is 3.39. The lowest BCUT2D eigenvalue weighted by Crippen LogP contribution is -2.66. The summed E-state index contributed by atoms with van der Waals surface area (Å²) in [5.41, 5.74) is -0.265. The third kappa shape index (κ3) is 3.91. The number of halogens is 2. The van der Waals surface area contributed by atoms with Crippen LogP contribution in [0.4, 0.5) is 10.1 Å². The first kappa shape index (κ1) is 21.4. The quantitative estimate of drug-likeness (QED) is 0.553. The number of hydrogen-bond acceptors (Lipinski definition) is 4. The van der Waals surface area contributed by atoms with Gasteiger partial charge in [-0.3, -0.25) is 14.4 Å². The number of nitrogens with one attached hydrogen (secondary N) is 3. The zero-order chi connectivity index (χ0) is 21.6. The molecule has 2 aromatic rings. The van der Waals surface area contributed by atoms with E-state index < -0.39 is 31.9 Å². The highest BCUT2D eigenvalue weighted by Gasteiger charge is 2.48. The molecule has 1 aliphatic rings. The second-order valence-electron chi connectivity index (χ2n) is 8.16. The van der Waals surface area contributed by atoms with E-state index in [9.17, 15) is 13.4 Å². The molecule has 1 saturated heterocycles. The minimum Gasteiger partial charge on any atom is -0.363 e. The van der Waals surface area contributed by atoms with Gasteiger partial charge in [-0.2, -0.15) is 0 Å². The van der Waals surface area contributed by atoms with Crippen molar-refractivity contribution in [1.29, 1.82) is 5.41 Å². The molecule has 1 fully saturated rings. The Hall–Kier alpha value is -2.32. The molecule has 29 heavy (non-hydrogen) atoms. The molecule has 3 rings (SSSR count). The summed E-state index contributed by atoms with van der Waals surface area (Å²) in [5, 5.41) is 14.5. The summed E-state index contributed by atoms with van der Waals surface area (Å²) in [6.07, 6.45) is 3.02. The van der Waals surface area contributed by atoms with E-state index in [0.29, 0.717) is 10.7 Å². The van der Waals surface area contributed by atoms with E-state index in [0.717, 1.165) is 0 Å². The lowest BCUT2D eigenvalue weighted by atomic mass is 9.91. The van der Waals surface area contributed by atoms with Crippen molar-refractivity contribution in [3.05, 3.63) is 58.6 Å². The monoisotopic (exact) mass is 438 g/mol. The molecule has 0 saturated carbocycles.